The number of carboxylic acid groups (broad SMARTS) is 1. The fourth-order valence-electron chi connectivity index (χ4n) is 1.63. The highest BCUT2D eigenvalue weighted by Gasteiger charge is 2.15. The second kappa shape index (κ2) is 4.48. The van der Waals surface area contributed by atoms with E-state index in [0.29, 0.717) is 5.69 Å². The van der Waals surface area contributed by atoms with E-state index in [4.69, 9.17) is 5.11 Å². The topological polar surface area (TPSA) is 98.3 Å². The fourth-order valence-corrected chi connectivity index (χ4v) is 1.63. The van der Waals surface area contributed by atoms with Crippen LogP contribution in [0.25, 0.3) is 5.69 Å². The van der Waals surface area contributed by atoms with Gasteiger partial charge in [-0.05, 0) is 13.0 Å². The van der Waals surface area contributed by atoms with E-state index in [2.05, 4.69) is 5.10 Å². The summed E-state index contributed by atoms with van der Waals surface area (Å²) in [6.07, 6.45) is 0. The van der Waals surface area contributed by atoms with E-state index in [1.807, 2.05) is 0 Å². The number of aryl methyl sites for hydroxylation is 1. The van der Waals surface area contributed by atoms with Gasteiger partial charge in [0.15, 0.2) is 5.69 Å². The lowest BCUT2D eigenvalue weighted by molar-refractivity contribution is -0.385. The van der Waals surface area contributed by atoms with Gasteiger partial charge in [-0.2, -0.15) is 5.10 Å². The largest absolute Gasteiger partial charge is 0.476 e. The van der Waals surface area contributed by atoms with E-state index in [-0.39, 0.29) is 11.4 Å². The van der Waals surface area contributed by atoms with Gasteiger partial charge in [0.1, 0.15) is 5.82 Å². The molecule has 1 N–H and O–H groups in total. The van der Waals surface area contributed by atoms with Crippen molar-refractivity contribution < 1.29 is 19.2 Å². The number of hydrogen-bond donors (Lipinski definition) is 1. The Hall–Kier alpha value is -2.77. The Labute approximate surface area is 106 Å². The Morgan fingerprint density at radius 1 is 1.42 bits per heavy atom. The molecular weight excluding hydrogens is 257 g/mol. The van der Waals surface area contributed by atoms with Crippen molar-refractivity contribution in [3.8, 4) is 5.69 Å². The number of rotatable bonds is 3. The average Bonchev–Trinajstić information content (AvgIpc) is 2.70. The third kappa shape index (κ3) is 2.41. The quantitative estimate of drug-likeness (QED) is 0.675. The number of carbonyl (C=O) groups is 1. The zero-order chi connectivity index (χ0) is 14.2. The molecule has 1 heterocycles. The first-order valence-corrected chi connectivity index (χ1v) is 5.14. The van der Waals surface area contributed by atoms with Gasteiger partial charge in [0.2, 0.25) is 0 Å². The average molecular weight is 265 g/mol. The molecule has 98 valence electrons. The zero-order valence-electron chi connectivity index (χ0n) is 9.70. The van der Waals surface area contributed by atoms with Gasteiger partial charge in [-0.1, -0.05) is 0 Å². The maximum atomic E-state index is 13.3. The predicted octanol–water partition coefficient (Wildman–Crippen LogP) is 1.93. The first kappa shape index (κ1) is 12.7. The summed E-state index contributed by atoms with van der Waals surface area (Å²) in [5.41, 5.74) is -0.125. The van der Waals surface area contributed by atoms with Gasteiger partial charge in [-0.3, -0.25) is 10.1 Å². The summed E-state index contributed by atoms with van der Waals surface area (Å²) < 4.78 is 14.4. The van der Waals surface area contributed by atoms with Crippen LogP contribution in [0.15, 0.2) is 24.3 Å². The number of non-ortho nitro benzene ring substituents is 1. The summed E-state index contributed by atoms with van der Waals surface area (Å²) in [6, 6.07) is 4.23. The Bertz CT molecular complexity index is 681. The van der Waals surface area contributed by atoms with Crippen molar-refractivity contribution in [2.24, 2.45) is 0 Å². The van der Waals surface area contributed by atoms with Crippen molar-refractivity contribution in [3.63, 3.8) is 0 Å². The molecule has 0 saturated carbocycles. The zero-order valence-corrected chi connectivity index (χ0v) is 9.70. The van der Waals surface area contributed by atoms with Crippen molar-refractivity contribution in [2.45, 2.75) is 6.92 Å². The van der Waals surface area contributed by atoms with Crippen LogP contribution in [0.4, 0.5) is 10.1 Å². The first-order chi connectivity index (χ1) is 8.88. The third-order valence-corrected chi connectivity index (χ3v) is 2.43. The molecule has 0 radical (unpaired) electrons. The summed E-state index contributed by atoms with van der Waals surface area (Å²) in [5.74, 6) is -2.02. The number of nitro groups is 1. The van der Waals surface area contributed by atoms with E-state index in [1.54, 1.807) is 6.92 Å². The third-order valence-electron chi connectivity index (χ3n) is 2.43. The number of hydrogen-bond acceptors (Lipinski definition) is 4. The molecule has 0 saturated heterocycles. The van der Waals surface area contributed by atoms with Crippen molar-refractivity contribution in [3.05, 3.63) is 51.6 Å². The number of halogens is 1. The molecule has 0 aliphatic rings. The molecule has 1 aromatic carbocycles. The molecule has 0 fully saturated rings. The summed E-state index contributed by atoms with van der Waals surface area (Å²) >= 11 is 0. The summed E-state index contributed by atoms with van der Waals surface area (Å²) in [7, 11) is 0. The molecule has 0 amide bonds. The molecule has 0 atom stereocenters. The first-order valence-electron chi connectivity index (χ1n) is 5.14. The Kier molecular flexibility index (Phi) is 2.99. The van der Waals surface area contributed by atoms with Crippen molar-refractivity contribution in [1.82, 2.24) is 9.78 Å². The molecule has 2 rings (SSSR count). The highest BCUT2D eigenvalue weighted by Crippen LogP contribution is 2.20. The molecule has 19 heavy (non-hydrogen) atoms. The van der Waals surface area contributed by atoms with Crippen LogP contribution >= 0.6 is 0 Å². The minimum atomic E-state index is -1.23. The van der Waals surface area contributed by atoms with Crippen LogP contribution in [0.5, 0.6) is 0 Å². The van der Waals surface area contributed by atoms with Gasteiger partial charge >= 0.3 is 5.97 Å². The predicted molar refractivity (Wildman–Crippen MR) is 61.9 cm³/mol. The van der Waals surface area contributed by atoms with Gasteiger partial charge in [-0.25, -0.2) is 13.9 Å². The van der Waals surface area contributed by atoms with E-state index in [0.717, 1.165) is 22.9 Å². The molecule has 0 bridgehead atoms. The van der Waals surface area contributed by atoms with E-state index in [1.165, 1.54) is 6.07 Å². The summed E-state index contributed by atoms with van der Waals surface area (Å²) in [5, 5.41) is 23.2. The molecule has 1 aromatic heterocycles. The molecule has 0 aliphatic heterocycles. The summed E-state index contributed by atoms with van der Waals surface area (Å²) in [4.78, 5) is 20.7. The molecule has 0 spiro atoms. The highest BCUT2D eigenvalue weighted by molar-refractivity contribution is 5.85. The fraction of sp³-hybridized carbons (Fsp3) is 0.0909. The smallest absolute Gasteiger partial charge is 0.356 e. The molecule has 0 unspecified atom stereocenters. The van der Waals surface area contributed by atoms with Crippen LogP contribution in [-0.2, 0) is 0 Å². The number of nitro benzene ring substituents is 1. The van der Waals surface area contributed by atoms with Crippen LogP contribution in [-0.4, -0.2) is 25.8 Å². The number of aromatic carboxylic acids is 1. The van der Waals surface area contributed by atoms with Crippen molar-refractivity contribution in [2.75, 3.05) is 0 Å². The van der Waals surface area contributed by atoms with Crippen LogP contribution in [0.2, 0.25) is 0 Å². The van der Waals surface area contributed by atoms with Gasteiger partial charge in [0.05, 0.1) is 16.7 Å². The maximum absolute atomic E-state index is 13.3. The van der Waals surface area contributed by atoms with Crippen molar-refractivity contribution in [1.29, 1.82) is 0 Å². The normalized spacial score (nSPS) is 10.4. The van der Waals surface area contributed by atoms with Crippen LogP contribution < -0.4 is 0 Å². The molecule has 8 heteroatoms. The standard InChI is InChI=1S/C11H8FN3O4/c1-6-2-10(11(16)17)13-14(6)8-3-7(12)4-9(5-8)15(18)19/h2-5H,1H3,(H,16,17). The molecular formula is C11H8FN3O4. The lowest BCUT2D eigenvalue weighted by atomic mass is 10.2. The van der Waals surface area contributed by atoms with Gasteiger partial charge in [0, 0.05) is 17.8 Å². The minimum absolute atomic E-state index is 0.0942. The molecule has 0 aliphatic carbocycles. The van der Waals surface area contributed by atoms with Crippen LogP contribution in [0, 0.1) is 22.9 Å². The van der Waals surface area contributed by atoms with E-state index >= 15 is 0 Å². The second-order valence-corrected chi connectivity index (χ2v) is 3.81. The Balaban J connectivity index is 2.58. The number of carboxylic acids is 1. The Morgan fingerprint density at radius 3 is 2.63 bits per heavy atom. The van der Waals surface area contributed by atoms with Crippen LogP contribution in [0.1, 0.15) is 16.2 Å². The minimum Gasteiger partial charge on any atom is -0.476 e. The SMILES string of the molecule is Cc1cc(C(=O)O)nn1-c1cc(F)cc([N+](=O)[O-])c1. The van der Waals surface area contributed by atoms with Crippen molar-refractivity contribution >= 4 is 11.7 Å². The Morgan fingerprint density at radius 2 is 2.11 bits per heavy atom. The number of benzene rings is 1. The highest BCUT2D eigenvalue weighted by atomic mass is 19.1. The summed E-state index contributed by atoms with van der Waals surface area (Å²) in [6.45, 7) is 1.57. The maximum Gasteiger partial charge on any atom is 0.356 e. The van der Waals surface area contributed by atoms with Gasteiger partial charge in [-0.15, -0.1) is 0 Å². The monoisotopic (exact) mass is 265 g/mol. The lowest BCUT2D eigenvalue weighted by Crippen LogP contribution is -2.03. The second-order valence-electron chi connectivity index (χ2n) is 3.81. The molecule has 7 nitrogen and oxygen atoms in total. The van der Waals surface area contributed by atoms with Gasteiger partial charge < -0.3 is 5.11 Å². The van der Waals surface area contributed by atoms with E-state index < -0.39 is 22.4 Å². The number of nitrogens with zero attached hydrogens (tertiary/aromatic N) is 3. The lowest BCUT2D eigenvalue weighted by Gasteiger charge is -2.04. The van der Waals surface area contributed by atoms with E-state index in [9.17, 15) is 19.3 Å². The van der Waals surface area contributed by atoms with Gasteiger partial charge in [0.25, 0.3) is 5.69 Å². The van der Waals surface area contributed by atoms with Crippen LogP contribution in [0.3, 0.4) is 0 Å². The number of aromatic nitrogens is 2. The molecule has 2 aromatic rings.